The summed E-state index contributed by atoms with van der Waals surface area (Å²) in [6.07, 6.45) is 0. The fraction of sp³-hybridized carbons (Fsp3) is 0.364. The van der Waals surface area contributed by atoms with Crippen LogP contribution in [0, 0.1) is 0 Å². The van der Waals surface area contributed by atoms with Crippen LogP contribution < -0.4 is 10.1 Å². The van der Waals surface area contributed by atoms with Gasteiger partial charge in [-0.1, -0.05) is 18.2 Å². The number of carboxylic acids is 1. The number of aliphatic carboxylic acids is 1. The van der Waals surface area contributed by atoms with Gasteiger partial charge in [0.15, 0.2) is 0 Å². The summed E-state index contributed by atoms with van der Waals surface area (Å²) in [7, 11) is 0. The van der Waals surface area contributed by atoms with Gasteiger partial charge in [0.25, 0.3) is 0 Å². The molecule has 1 aromatic rings. The van der Waals surface area contributed by atoms with Crippen molar-refractivity contribution in [3.63, 3.8) is 0 Å². The lowest BCUT2D eigenvalue weighted by Gasteiger charge is -2.16. The number of benzene rings is 1. The van der Waals surface area contributed by atoms with Crippen LogP contribution in [0.2, 0.25) is 0 Å². The zero-order chi connectivity index (χ0) is 12.8. The van der Waals surface area contributed by atoms with Gasteiger partial charge in [-0.3, -0.25) is 4.79 Å². The van der Waals surface area contributed by atoms with Crippen molar-refractivity contribution < 1.29 is 23.4 Å². The van der Waals surface area contributed by atoms with Crippen LogP contribution in [0.3, 0.4) is 0 Å². The average molecular weight is 245 g/mol. The Labute approximate surface area is 97.2 Å². The molecule has 0 aliphatic heterocycles. The number of rotatable bonds is 6. The number of hydrogen-bond acceptors (Lipinski definition) is 3. The molecule has 1 rings (SSSR count). The molecule has 1 atom stereocenters. The van der Waals surface area contributed by atoms with E-state index in [2.05, 4.69) is 10.1 Å². The predicted octanol–water partition coefficient (Wildman–Crippen LogP) is 2.02. The Morgan fingerprint density at radius 1 is 1.47 bits per heavy atom. The Bertz CT molecular complexity index is 385. The van der Waals surface area contributed by atoms with Gasteiger partial charge in [0.2, 0.25) is 0 Å². The topological polar surface area (TPSA) is 58.6 Å². The summed E-state index contributed by atoms with van der Waals surface area (Å²) >= 11 is 0. The number of carboxylic acid groups (broad SMARTS) is 1. The van der Waals surface area contributed by atoms with Gasteiger partial charge >= 0.3 is 12.6 Å². The molecule has 17 heavy (non-hydrogen) atoms. The van der Waals surface area contributed by atoms with Crippen LogP contribution in [0.15, 0.2) is 24.3 Å². The summed E-state index contributed by atoms with van der Waals surface area (Å²) in [6.45, 7) is -1.47. The van der Waals surface area contributed by atoms with Gasteiger partial charge in [0.1, 0.15) is 5.75 Å². The normalized spacial score (nSPS) is 12.5. The summed E-state index contributed by atoms with van der Waals surface area (Å²) in [4.78, 5) is 10.4. The molecular weight excluding hydrogens is 232 g/mol. The largest absolute Gasteiger partial charge is 0.480 e. The molecule has 0 saturated heterocycles. The van der Waals surface area contributed by atoms with E-state index in [1.807, 2.05) is 0 Å². The lowest BCUT2D eigenvalue weighted by Crippen LogP contribution is -2.26. The molecule has 0 aromatic heterocycles. The Kier molecular flexibility index (Phi) is 4.84. The second-order valence-corrected chi connectivity index (χ2v) is 3.41. The molecule has 0 heterocycles. The lowest BCUT2D eigenvalue weighted by atomic mass is 10.1. The average Bonchev–Trinajstić information content (AvgIpc) is 2.25. The highest BCUT2D eigenvalue weighted by atomic mass is 19.3. The van der Waals surface area contributed by atoms with E-state index in [0.29, 0.717) is 5.56 Å². The number of carbonyl (C=O) groups is 1. The fourth-order valence-electron chi connectivity index (χ4n) is 1.39. The summed E-state index contributed by atoms with van der Waals surface area (Å²) in [6, 6.07) is 5.89. The molecule has 1 unspecified atom stereocenters. The minimum Gasteiger partial charge on any atom is -0.480 e. The number of para-hydroxylation sites is 1. The van der Waals surface area contributed by atoms with Crippen molar-refractivity contribution in [1.29, 1.82) is 0 Å². The van der Waals surface area contributed by atoms with Gasteiger partial charge in [0, 0.05) is 11.6 Å². The van der Waals surface area contributed by atoms with Crippen molar-refractivity contribution >= 4 is 5.97 Å². The van der Waals surface area contributed by atoms with E-state index in [4.69, 9.17) is 5.11 Å². The maximum Gasteiger partial charge on any atom is 0.387 e. The first kappa shape index (κ1) is 13.4. The first-order valence-electron chi connectivity index (χ1n) is 4.99. The molecular formula is C11H13F2NO3. The molecule has 0 aliphatic rings. The Hall–Kier alpha value is -1.69. The Balaban J connectivity index is 2.77. The molecule has 0 radical (unpaired) electrons. The standard InChI is InChI=1S/C11H13F2NO3/c1-7(14-6-10(15)16)8-4-2-3-5-9(8)17-11(12)13/h2-5,7,11,14H,6H2,1H3,(H,15,16). The third-order valence-electron chi connectivity index (χ3n) is 2.16. The van der Waals surface area contributed by atoms with E-state index in [-0.39, 0.29) is 18.3 Å². The van der Waals surface area contributed by atoms with E-state index in [1.54, 1.807) is 25.1 Å². The first-order chi connectivity index (χ1) is 8.00. The van der Waals surface area contributed by atoms with Crippen molar-refractivity contribution in [3.05, 3.63) is 29.8 Å². The second-order valence-electron chi connectivity index (χ2n) is 3.41. The Morgan fingerprint density at radius 3 is 2.71 bits per heavy atom. The highest BCUT2D eigenvalue weighted by Gasteiger charge is 2.14. The van der Waals surface area contributed by atoms with Crippen molar-refractivity contribution in [2.24, 2.45) is 0 Å². The minimum absolute atomic E-state index is 0.0490. The number of hydrogen-bond donors (Lipinski definition) is 2. The van der Waals surface area contributed by atoms with Gasteiger partial charge in [-0.2, -0.15) is 8.78 Å². The molecule has 1 aromatic carbocycles. The van der Waals surface area contributed by atoms with Crippen molar-refractivity contribution in [2.45, 2.75) is 19.6 Å². The summed E-state index contributed by atoms with van der Waals surface area (Å²) in [5.74, 6) is -0.961. The lowest BCUT2D eigenvalue weighted by molar-refractivity contribution is -0.136. The predicted molar refractivity (Wildman–Crippen MR) is 57.1 cm³/mol. The fourth-order valence-corrected chi connectivity index (χ4v) is 1.39. The van der Waals surface area contributed by atoms with E-state index >= 15 is 0 Å². The quantitative estimate of drug-likeness (QED) is 0.805. The van der Waals surface area contributed by atoms with Crippen LogP contribution in [0.1, 0.15) is 18.5 Å². The SMILES string of the molecule is CC(NCC(=O)O)c1ccccc1OC(F)F. The molecule has 0 saturated carbocycles. The zero-order valence-corrected chi connectivity index (χ0v) is 9.19. The van der Waals surface area contributed by atoms with Gasteiger partial charge in [-0.25, -0.2) is 0 Å². The summed E-state index contributed by atoms with van der Waals surface area (Å²) < 4.78 is 28.6. The van der Waals surface area contributed by atoms with E-state index in [1.165, 1.54) is 6.07 Å². The van der Waals surface area contributed by atoms with Crippen LogP contribution in [0.4, 0.5) is 8.78 Å². The molecule has 0 fully saturated rings. The van der Waals surface area contributed by atoms with Crippen LogP contribution in [0.5, 0.6) is 5.75 Å². The van der Waals surface area contributed by atoms with Crippen LogP contribution >= 0.6 is 0 Å². The highest BCUT2D eigenvalue weighted by molar-refractivity contribution is 5.69. The molecule has 2 N–H and O–H groups in total. The first-order valence-corrected chi connectivity index (χ1v) is 4.99. The Morgan fingerprint density at radius 2 is 2.12 bits per heavy atom. The maximum absolute atomic E-state index is 12.1. The second kappa shape index (κ2) is 6.15. The van der Waals surface area contributed by atoms with Crippen molar-refractivity contribution in [2.75, 3.05) is 6.54 Å². The van der Waals surface area contributed by atoms with Gasteiger partial charge in [-0.05, 0) is 13.0 Å². The highest BCUT2D eigenvalue weighted by Crippen LogP contribution is 2.25. The van der Waals surface area contributed by atoms with Crippen LogP contribution in [-0.2, 0) is 4.79 Å². The molecule has 0 amide bonds. The van der Waals surface area contributed by atoms with E-state index in [9.17, 15) is 13.6 Å². The molecule has 0 spiro atoms. The number of alkyl halides is 2. The van der Waals surface area contributed by atoms with E-state index < -0.39 is 12.6 Å². The van der Waals surface area contributed by atoms with Crippen LogP contribution in [0.25, 0.3) is 0 Å². The van der Waals surface area contributed by atoms with Crippen LogP contribution in [-0.4, -0.2) is 24.2 Å². The van der Waals surface area contributed by atoms with Gasteiger partial charge in [-0.15, -0.1) is 0 Å². The molecule has 4 nitrogen and oxygen atoms in total. The number of halogens is 2. The minimum atomic E-state index is -2.90. The summed E-state index contributed by atoms with van der Waals surface area (Å²) in [5, 5.41) is 11.2. The third kappa shape index (κ3) is 4.36. The maximum atomic E-state index is 12.1. The summed E-state index contributed by atoms with van der Waals surface area (Å²) in [5.41, 5.74) is 0.494. The van der Waals surface area contributed by atoms with E-state index in [0.717, 1.165) is 0 Å². The molecule has 94 valence electrons. The number of nitrogens with one attached hydrogen (secondary N) is 1. The third-order valence-corrected chi connectivity index (χ3v) is 2.16. The van der Waals surface area contributed by atoms with Crippen molar-refractivity contribution in [3.8, 4) is 5.75 Å². The van der Waals surface area contributed by atoms with Gasteiger partial charge in [0.05, 0.1) is 6.54 Å². The van der Waals surface area contributed by atoms with Gasteiger partial charge < -0.3 is 15.2 Å². The molecule has 0 bridgehead atoms. The van der Waals surface area contributed by atoms with Crippen molar-refractivity contribution in [1.82, 2.24) is 5.32 Å². The monoisotopic (exact) mass is 245 g/mol. The number of ether oxygens (including phenoxy) is 1. The smallest absolute Gasteiger partial charge is 0.387 e. The molecule has 6 heteroatoms. The molecule has 0 aliphatic carbocycles. The zero-order valence-electron chi connectivity index (χ0n) is 9.19.